The summed E-state index contributed by atoms with van der Waals surface area (Å²) in [6.45, 7) is 5.36. The Labute approximate surface area is 201 Å². The summed E-state index contributed by atoms with van der Waals surface area (Å²) in [6.07, 6.45) is 3.76. The fourth-order valence-corrected chi connectivity index (χ4v) is 5.41. The lowest BCUT2D eigenvalue weighted by Gasteiger charge is -2.33. The van der Waals surface area contributed by atoms with Gasteiger partial charge in [-0.25, -0.2) is 22.7 Å². The van der Waals surface area contributed by atoms with Crippen molar-refractivity contribution in [2.24, 2.45) is 0 Å². The first-order chi connectivity index (χ1) is 16.2. The lowest BCUT2D eigenvalue weighted by atomic mass is 10.3. The van der Waals surface area contributed by atoms with E-state index in [1.165, 1.54) is 22.6 Å². The zero-order valence-corrected chi connectivity index (χ0v) is 20.2. The van der Waals surface area contributed by atoms with E-state index >= 15 is 0 Å². The van der Waals surface area contributed by atoms with Crippen LogP contribution in [0.3, 0.4) is 0 Å². The minimum absolute atomic E-state index is 0.0462. The molecule has 0 amide bonds. The number of aryl methyl sites for hydroxylation is 2. The molecule has 0 aliphatic carbocycles. The van der Waals surface area contributed by atoms with Crippen LogP contribution in [0.1, 0.15) is 11.5 Å². The molecule has 12 nitrogen and oxygen atoms in total. The molecule has 4 rings (SSSR count). The van der Waals surface area contributed by atoms with Gasteiger partial charge >= 0.3 is 5.82 Å². The highest BCUT2D eigenvalue weighted by molar-refractivity contribution is 7.89. The summed E-state index contributed by atoms with van der Waals surface area (Å²) in [5.74, 6) is 0.527. The first-order valence-corrected chi connectivity index (χ1v) is 12.6. The van der Waals surface area contributed by atoms with E-state index in [2.05, 4.69) is 20.2 Å². The van der Waals surface area contributed by atoms with Crippen molar-refractivity contribution in [3.63, 3.8) is 0 Å². The smallest absolute Gasteiger partial charge is 0.342 e. The average molecular weight is 509 g/mol. The number of sulfonamides is 1. The maximum Gasteiger partial charge on any atom is 0.342 e. The van der Waals surface area contributed by atoms with Crippen LogP contribution in [0, 0.1) is 17.0 Å². The van der Waals surface area contributed by atoms with Crippen LogP contribution in [0.2, 0.25) is 5.02 Å². The van der Waals surface area contributed by atoms with E-state index in [-0.39, 0.29) is 10.7 Å². The number of benzene rings is 1. The summed E-state index contributed by atoms with van der Waals surface area (Å²) in [4.78, 5) is 17.1. The number of aromatic nitrogens is 5. The summed E-state index contributed by atoms with van der Waals surface area (Å²) < 4.78 is 30.3. The summed E-state index contributed by atoms with van der Waals surface area (Å²) in [7, 11) is -3.53. The van der Waals surface area contributed by atoms with Gasteiger partial charge in [0.25, 0.3) is 0 Å². The molecular formula is C20H25ClN8O4S. The third kappa shape index (κ3) is 5.43. The van der Waals surface area contributed by atoms with Crippen molar-refractivity contribution in [3.8, 4) is 0 Å². The Hall–Kier alpha value is -2.87. The minimum atomic E-state index is -3.53. The number of nitrogens with zero attached hydrogens (tertiary/aromatic N) is 8. The molecule has 1 aliphatic rings. The van der Waals surface area contributed by atoms with Gasteiger partial charge in [0.2, 0.25) is 10.0 Å². The van der Waals surface area contributed by atoms with Gasteiger partial charge in [-0.3, -0.25) is 0 Å². The van der Waals surface area contributed by atoms with Crippen molar-refractivity contribution in [2.45, 2.75) is 31.3 Å². The first-order valence-electron chi connectivity index (χ1n) is 10.8. The topological polar surface area (TPSA) is 132 Å². The number of piperazine rings is 1. The molecule has 1 fully saturated rings. The summed E-state index contributed by atoms with van der Waals surface area (Å²) in [5, 5.41) is 19.9. The highest BCUT2D eigenvalue weighted by Gasteiger charge is 2.28. The van der Waals surface area contributed by atoms with Crippen molar-refractivity contribution in [1.29, 1.82) is 0 Å². The molecule has 1 aromatic carbocycles. The zero-order valence-electron chi connectivity index (χ0n) is 18.6. The standard InChI is InChI=1S/C20H25ClN8O4S/c1-16-22-14-20(29(30)31)28(16)13-10-26-15-18(23-24-26)6-7-25-8-11-27(12-9-25)34(32,33)19-4-2-17(21)3-5-19/h2-5,14-15H,6-13H2,1H3. The lowest BCUT2D eigenvalue weighted by molar-refractivity contribution is -0.392. The van der Waals surface area contributed by atoms with Crippen LogP contribution in [0.25, 0.3) is 0 Å². The van der Waals surface area contributed by atoms with Crippen LogP contribution >= 0.6 is 11.6 Å². The predicted molar refractivity (Wildman–Crippen MR) is 124 cm³/mol. The van der Waals surface area contributed by atoms with E-state index in [0.717, 1.165) is 12.2 Å². The normalized spacial score (nSPS) is 15.6. The molecule has 0 bridgehead atoms. The van der Waals surface area contributed by atoms with E-state index in [1.54, 1.807) is 28.3 Å². The molecule has 0 saturated carbocycles. The van der Waals surface area contributed by atoms with Crippen molar-refractivity contribution in [2.75, 3.05) is 32.7 Å². The molecule has 3 aromatic rings. The highest BCUT2D eigenvalue weighted by Crippen LogP contribution is 2.20. The van der Waals surface area contributed by atoms with Crippen molar-refractivity contribution in [3.05, 3.63) is 63.3 Å². The quantitative estimate of drug-likeness (QED) is 0.314. The second-order valence-corrected chi connectivity index (χ2v) is 10.4. The van der Waals surface area contributed by atoms with Crippen molar-refractivity contribution >= 4 is 27.4 Å². The lowest BCUT2D eigenvalue weighted by Crippen LogP contribution is -2.49. The minimum Gasteiger partial charge on any atom is -0.358 e. The molecule has 0 N–H and O–H groups in total. The Morgan fingerprint density at radius 1 is 1.09 bits per heavy atom. The Kier molecular flexibility index (Phi) is 7.26. The maximum absolute atomic E-state index is 12.8. The molecule has 14 heteroatoms. The number of hydrogen-bond donors (Lipinski definition) is 0. The first kappa shape index (κ1) is 24.3. The molecule has 3 heterocycles. The predicted octanol–water partition coefficient (Wildman–Crippen LogP) is 1.59. The van der Waals surface area contributed by atoms with Gasteiger partial charge in [0.05, 0.1) is 17.1 Å². The molecule has 0 unspecified atom stereocenters. The van der Waals surface area contributed by atoms with Gasteiger partial charge < -0.3 is 15.0 Å². The SMILES string of the molecule is Cc1ncc([N+](=O)[O-])n1CCn1cc(CCN2CCN(S(=O)(=O)c3ccc(Cl)cc3)CC2)nn1. The fourth-order valence-electron chi connectivity index (χ4n) is 3.86. The van der Waals surface area contributed by atoms with E-state index < -0.39 is 14.9 Å². The van der Waals surface area contributed by atoms with Crippen LogP contribution in [0.15, 0.2) is 41.6 Å². The number of halogens is 1. The number of rotatable bonds is 9. The second-order valence-electron chi connectivity index (χ2n) is 7.99. The largest absolute Gasteiger partial charge is 0.358 e. The van der Waals surface area contributed by atoms with Crippen LogP contribution in [-0.2, 0) is 29.5 Å². The third-order valence-electron chi connectivity index (χ3n) is 5.83. The number of hydrogen-bond acceptors (Lipinski definition) is 8. The Balaban J connectivity index is 1.25. The molecular weight excluding hydrogens is 484 g/mol. The van der Waals surface area contributed by atoms with Gasteiger partial charge in [0.1, 0.15) is 12.7 Å². The van der Waals surface area contributed by atoms with Crippen molar-refractivity contribution in [1.82, 2.24) is 33.8 Å². The average Bonchev–Trinajstić information content (AvgIpc) is 3.43. The maximum atomic E-state index is 12.8. The van der Waals surface area contributed by atoms with Crippen LogP contribution in [0.5, 0.6) is 0 Å². The number of nitro groups is 1. The van der Waals surface area contributed by atoms with Crippen LogP contribution < -0.4 is 0 Å². The van der Waals surface area contributed by atoms with Gasteiger partial charge in [-0.05, 0) is 29.2 Å². The molecule has 0 spiro atoms. The summed E-state index contributed by atoms with van der Waals surface area (Å²) in [5.41, 5.74) is 0.813. The van der Waals surface area contributed by atoms with E-state index in [4.69, 9.17) is 11.6 Å². The molecule has 0 radical (unpaired) electrons. The van der Waals surface area contributed by atoms with Crippen LogP contribution in [-0.4, -0.2) is 79.8 Å². The van der Waals surface area contributed by atoms with E-state index in [9.17, 15) is 18.5 Å². The van der Waals surface area contributed by atoms with Crippen molar-refractivity contribution < 1.29 is 13.3 Å². The zero-order chi connectivity index (χ0) is 24.3. The molecule has 182 valence electrons. The Bertz CT molecular complexity index is 1250. The third-order valence-corrected chi connectivity index (χ3v) is 7.99. The van der Waals surface area contributed by atoms with E-state index in [1.807, 2.05) is 6.20 Å². The fraction of sp³-hybridized carbons (Fsp3) is 0.450. The molecule has 1 saturated heterocycles. The van der Waals surface area contributed by atoms with Gasteiger partial charge in [0, 0.05) is 57.3 Å². The molecule has 2 aromatic heterocycles. The van der Waals surface area contributed by atoms with Gasteiger partial charge in [-0.1, -0.05) is 16.8 Å². The summed E-state index contributed by atoms with van der Waals surface area (Å²) in [6, 6.07) is 6.21. The van der Waals surface area contributed by atoms with E-state index in [0.29, 0.717) is 56.5 Å². The van der Waals surface area contributed by atoms with Gasteiger partial charge in [0.15, 0.2) is 5.82 Å². The van der Waals surface area contributed by atoms with Gasteiger partial charge in [-0.2, -0.15) is 4.31 Å². The van der Waals surface area contributed by atoms with Gasteiger partial charge in [-0.15, -0.1) is 5.10 Å². The second kappa shape index (κ2) is 10.2. The molecule has 1 aliphatic heterocycles. The molecule has 0 atom stereocenters. The Morgan fingerprint density at radius 2 is 1.79 bits per heavy atom. The Morgan fingerprint density at radius 3 is 2.47 bits per heavy atom. The van der Waals surface area contributed by atoms with Crippen LogP contribution in [0.4, 0.5) is 5.82 Å². The monoisotopic (exact) mass is 508 g/mol. The molecule has 34 heavy (non-hydrogen) atoms. The highest BCUT2D eigenvalue weighted by atomic mass is 35.5. The summed E-state index contributed by atoms with van der Waals surface area (Å²) >= 11 is 5.86. The number of imidazole rings is 1.